The molecule has 0 aromatic carbocycles. The van der Waals surface area contributed by atoms with E-state index in [1.807, 2.05) is 0 Å². The minimum absolute atomic E-state index is 0. The van der Waals surface area contributed by atoms with Gasteiger partial charge in [-0.1, -0.05) is 0 Å². The molecule has 0 aromatic heterocycles. The van der Waals surface area contributed by atoms with Gasteiger partial charge in [-0.3, -0.25) is 0 Å². The van der Waals surface area contributed by atoms with Crippen molar-refractivity contribution in [2.75, 3.05) is 0 Å². The van der Waals surface area contributed by atoms with E-state index in [0.717, 1.165) is 0 Å². The van der Waals surface area contributed by atoms with Crippen LogP contribution in [-0.2, 0) is 457 Å². The largest absolute Gasteiger partial charge is 0.412 e. The van der Waals surface area contributed by atoms with Crippen molar-refractivity contribution >= 4 is 534 Å². The van der Waals surface area contributed by atoms with E-state index in [4.69, 9.17) is 0 Å². The van der Waals surface area contributed by atoms with Crippen molar-refractivity contribution in [2.24, 2.45) is 0 Å². The molecule has 0 rings (SSSR count). The molecule has 104 heavy (non-hydrogen) atoms. The van der Waals surface area contributed by atoms with Gasteiger partial charge in [0.1, 0.15) is 0 Å². The maximum absolute atomic E-state index is 0. The first-order chi connectivity index (χ1) is 0. The summed E-state index contributed by atoms with van der Waals surface area (Å²) < 4.78 is 0. The zero-order chi connectivity index (χ0) is 0. The maximum atomic E-state index is 0. The molecule has 140 N–H and O–H groups in total. The molecule has 0 aliphatic carbocycles. The summed E-state index contributed by atoms with van der Waals surface area (Å²) in [5, 5.41) is 0. The molecule has 0 spiro atoms. The van der Waals surface area contributed by atoms with Crippen LogP contribution in [0.25, 0.3) is 0 Å². The predicted octanol–water partition coefficient (Wildman–Crippen LogP) is -61.5. The average Bonchev–Trinajstić information content (AvgIpc) is 0. The zero-order valence-electron chi connectivity index (χ0n) is 56.6. The van der Waals surface area contributed by atoms with Crippen LogP contribution in [0.4, 0.5) is 0 Å². The molecule has 2 unspecified atom stereocenters. The van der Waals surface area contributed by atoms with E-state index in [1.54, 1.807) is 0 Å². The van der Waals surface area contributed by atoms with Gasteiger partial charge >= 0.3 is 0 Å². The third-order valence-corrected chi connectivity index (χ3v) is 0. The van der Waals surface area contributed by atoms with Gasteiger partial charge in [0, 0.05) is 971 Å². The van der Waals surface area contributed by atoms with Gasteiger partial charge in [0.15, 0.2) is 0 Å². The second kappa shape index (κ2) is 2660. The van der Waals surface area contributed by atoms with Crippen molar-refractivity contribution in [2.45, 2.75) is 0 Å². The van der Waals surface area contributed by atoms with Gasteiger partial charge in [-0.25, -0.2) is 0 Å². The van der Waals surface area contributed by atoms with E-state index in [1.165, 1.54) is 0 Å². The summed E-state index contributed by atoms with van der Waals surface area (Å²) in [6.45, 7) is 0. The van der Waals surface area contributed by atoms with Crippen LogP contribution < -0.4 is 0 Å². The number of rotatable bonds is 0. The first kappa shape index (κ1) is 2720. The molecule has 0 saturated carbocycles. The fourth-order valence-corrected chi connectivity index (χ4v) is 0. The Morgan fingerprint density at radius 2 is 0.0481 bits per heavy atom. The summed E-state index contributed by atoms with van der Waals surface area (Å²) in [6, 6.07) is 0. The Labute approximate surface area is 1340 Å². The minimum atomic E-state index is 0. The van der Waals surface area contributed by atoms with Crippen LogP contribution in [0.3, 0.4) is 0 Å². The monoisotopic (exact) mass is 5290 g/mol. The van der Waals surface area contributed by atoms with Crippen molar-refractivity contribution in [3.05, 3.63) is 0 Å². The van der Waals surface area contributed by atoms with E-state index in [-0.39, 0.29) is 1370 Å². The number of hydrogen-bond donors (Lipinski definition) is 0. The Kier molecular flexibility index (Phi) is 69400. The molecule has 0 fully saturated rings. The van der Waals surface area contributed by atoms with Crippen LogP contribution in [-0.4, -0.2) is 897 Å². The molecule has 70 nitrogen and oxygen atoms in total. The molecule has 0 saturated heterocycles. The maximum Gasteiger partial charge on any atom is 0 e. The standard InChI is InChI=1S/10K.70H2O.2H3P.18W.4Zn/h;;;;;;;;;;70*1H2;2*1H3;;;;;;;;;;;;;;;;;;;;;;. The quantitative estimate of drug-likeness (QED) is 0.161. The van der Waals surface area contributed by atoms with Crippen LogP contribution in [0.2, 0.25) is 0 Å². The van der Waals surface area contributed by atoms with Crippen LogP contribution in [0.1, 0.15) is 0 Å². The summed E-state index contributed by atoms with van der Waals surface area (Å²) in [4.78, 5) is 0. The number of hydrogen-bond acceptors (Lipinski definition) is 0. The summed E-state index contributed by atoms with van der Waals surface area (Å²) in [5.74, 6) is 0. The first-order valence-corrected chi connectivity index (χ1v) is 0. The molecule has 0 heterocycles. The minimum Gasteiger partial charge on any atom is -0.412 e. The van der Waals surface area contributed by atoms with Crippen molar-refractivity contribution in [3.63, 3.8) is 0 Å². The SMILES string of the molecule is O.O.O.O.O.O.O.O.O.O.O.O.O.O.O.O.O.O.O.O.O.O.O.O.O.O.O.O.O.O.O.O.O.O.O.O.O.O.O.O.O.O.O.O.O.O.O.O.O.O.O.O.O.O.O.O.O.O.O.O.O.O.O.O.O.O.O.O.O.O.P.P.[K].[K].[K].[K].[K].[K].[K].[K].[K].[K].[W].[W].[W].[W].[W].[W].[W].[W].[W].[W].[W].[W].[W].[W].[W].[W].[W].[W].[Zn].[Zn].[Zn].[Zn]. The van der Waals surface area contributed by atoms with Crippen LogP contribution >= 0.6 is 19.8 Å². The van der Waals surface area contributed by atoms with Gasteiger partial charge in [0.05, 0.1) is 0 Å². The van der Waals surface area contributed by atoms with Gasteiger partial charge < -0.3 is 383 Å². The van der Waals surface area contributed by atoms with Crippen molar-refractivity contribution in [3.8, 4) is 0 Å². The second-order valence-corrected chi connectivity index (χ2v) is 0. The Hall–Kier alpha value is 29.3. The molecule has 0 aromatic rings. The Morgan fingerprint density at radius 3 is 0.0481 bits per heavy atom. The fourth-order valence-electron chi connectivity index (χ4n) is 0. The van der Waals surface area contributed by atoms with Gasteiger partial charge in [-0.05, 0) is 0 Å². The summed E-state index contributed by atoms with van der Waals surface area (Å²) in [5.41, 5.74) is 0. The van der Waals surface area contributed by atoms with Gasteiger partial charge in [-0.15, -0.1) is 0 Å². The average molecular weight is 5290 g/mol. The first-order valence-electron chi connectivity index (χ1n) is 0. The Bertz CT molecular complexity index is 150. The van der Waals surface area contributed by atoms with Crippen molar-refractivity contribution in [1.29, 1.82) is 0 Å². The van der Waals surface area contributed by atoms with E-state index >= 15 is 0 Å². The van der Waals surface area contributed by atoms with E-state index in [0.29, 0.717) is 0 Å². The molecule has 10 radical (unpaired) electrons. The Morgan fingerprint density at radius 1 is 0.0481 bits per heavy atom. The molecule has 702 valence electrons. The molecular formula is H146K10O70P2W18Zn4. The summed E-state index contributed by atoms with van der Waals surface area (Å²) >= 11 is 0. The van der Waals surface area contributed by atoms with E-state index in [2.05, 4.69) is 0 Å². The van der Waals surface area contributed by atoms with Gasteiger partial charge in [0.25, 0.3) is 0 Å². The second-order valence-electron chi connectivity index (χ2n) is 0. The molecular weight excluding hydrogens is 5140 g/mol. The van der Waals surface area contributed by atoms with Crippen LogP contribution in [0, 0.1) is 0 Å². The normalized spacial score (nSPS) is 0. The van der Waals surface area contributed by atoms with Crippen molar-refractivity contribution < 1.29 is 840 Å². The van der Waals surface area contributed by atoms with Crippen LogP contribution in [0.5, 0.6) is 0 Å². The molecule has 0 amide bonds. The summed E-state index contributed by atoms with van der Waals surface area (Å²) in [7, 11) is 0. The van der Waals surface area contributed by atoms with Gasteiger partial charge in [0.2, 0.25) is 0 Å². The third-order valence-electron chi connectivity index (χ3n) is 0. The topological polar surface area (TPSA) is 2200 Å². The van der Waals surface area contributed by atoms with Crippen molar-refractivity contribution in [1.82, 2.24) is 0 Å². The third kappa shape index (κ3) is 2600. The van der Waals surface area contributed by atoms with Crippen LogP contribution in [0.15, 0.2) is 0 Å². The van der Waals surface area contributed by atoms with E-state index < -0.39 is 0 Å². The fraction of sp³-hybridized carbons (Fsp3) is 0. The molecule has 0 aliphatic heterocycles. The molecule has 2 atom stereocenters. The predicted molar refractivity (Wildman–Crippen MR) is 333 cm³/mol. The molecule has 0 aliphatic rings. The Balaban J connectivity index is 0. The van der Waals surface area contributed by atoms with Gasteiger partial charge in [-0.2, -0.15) is 19.8 Å². The smallest absolute Gasteiger partial charge is 0 e. The van der Waals surface area contributed by atoms with E-state index in [9.17, 15) is 0 Å². The summed E-state index contributed by atoms with van der Waals surface area (Å²) in [6.07, 6.45) is 0. The molecule has 104 heteroatoms. The zero-order valence-corrected chi connectivity index (χ0v) is 155. The molecule has 0 bridgehead atoms.